The summed E-state index contributed by atoms with van der Waals surface area (Å²) in [6.45, 7) is 7.16. The summed E-state index contributed by atoms with van der Waals surface area (Å²) in [5.74, 6) is 0. The van der Waals surface area contributed by atoms with E-state index in [2.05, 4.69) is 25.0 Å². The first-order chi connectivity index (χ1) is 8.12. The normalized spacial score (nSPS) is 14.9. The van der Waals surface area contributed by atoms with Crippen LogP contribution in [0.3, 0.4) is 0 Å². The Kier molecular flexibility index (Phi) is 5.65. The van der Waals surface area contributed by atoms with Crippen molar-refractivity contribution in [2.75, 3.05) is 7.11 Å². The molecular formula is C13H25N3O. The van der Waals surface area contributed by atoms with Crippen molar-refractivity contribution < 1.29 is 4.74 Å². The van der Waals surface area contributed by atoms with E-state index < -0.39 is 0 Å². The van der Waals surface area contributed by atoms with Crippen LogP contribution >= 0.6 is 0 Å². The first kappa shape index (κ1) is 14.2. The quantitative estimate of drug-likeness (QED) is 0.790. The van der Waals surface area contributed by atoms with Crippen LogP contribution in [0.25, 0.3) is 0 Å². The van der Waals surface area contributed by atoms with Gasteiger partial charge in [0.1, 0.15) is 0 Å². The molecule has 0 spiro atoms. The van der Waals surface area contributed by atoms with Crippen molar-refractivity contribution >= 4 is 0 Å². The molecule has 4 heteroatoms. The van der Waals surface area contributed by atoms with Crippen molar-refractivity contribution in [3.05, 3.63) is 17.5 Å². The summed E-state index contributed by atoms with van der Waals surface area (Å²) >= 11 is 0. The van der Waals surface area contributed by atoms with E-state index in [0.717, 1.165) is 31.5 Å². The molecule has 0 amide bonds. The molecule has 0 aromatic carbocycles. The first-order valence-corrected chi connectivity index (χ1v) is 6.44. The number of nitrogens with zero attached hydrogens (tertiary/aromatic N) is 2. The van der Waals surface area contributed by atoms with Crippen molar-refractivity contribution in [2.45, 2.75) is 58.7 Å². The van der Waals surface area contributed by atoms with Crippen molar-refractivity contribution in [2.24, 2.45) is 5.73 Å². The molecule has 4 nitrogen and oxygen atoms in total. The van der Waals surface area contributed by atoms with Crippen LogP contribution in [-0.2, 0) is 17.7 Å². The zero-order valence-electron chi connectivity index (χ0n) is 11.4. The Labute approximate surface area is 104 Å². The fraction of sp³-hybridized carbons (Fsp3) is 0.769. The Morgan fingerprint density at radius 2 is 2.18 bits per heavy atom. The van der Waals surface area contributed by atoms with Crippen LogP contribution in [0.2, 0.25) is 0 Å². The van der Waals surface area contributed by atoms with E-state index in [4.69, 9.17) is 10.5 Å². The molecular weight excluding hydrogens is 214 g/mol. The zero-order chi connectivity index (χ0) is 12.8. The second-order valence-corrected chi connectivity index (χ2v) is 4.52. The minimum absolute atomic E-state index is 0.0429. The Hall–Kier alpha value is -0.870. The van der Waals surface area contributed by atoms with E-state index in [1.165, 1.54) is 5.69 Å². The van der Waals surface area contributed by atoms with Crippen molar-refractivity contribution in [3.8, 4) is 0 Å². The highest BCUT2D eigenvalue weighted by molar-refractivity contribution is 5.10. The maximum absolute atomic E-state index is 6.21. The van der Waals surface area contributed by atoms with Gasteiger partial charge in [-0.05, 0) is 26.3 Å². The lowest BCUT2D eigenvalue weighted by atomic mass is 10.0. The summed E-state index contributed by atoms with van der Waals surface area (Å²) in [6, 6.07) is 2.16. The van der Waals surface area contributed by atoms with Gasteiger partial charge in [-0.3, -0.25) is 4.68 Å². The number of aryl methyl sites for hydroxylation is 2. The van der Waals surface area contributed by atoms with E-state index in [1.807, 2.05) is 11.6 Å². The Morgan fingerprint density at radius 1 is 1.47 bits per heavy atom. The fourth-order valence-corrected chi connectivity index (χ4v) is 2.20. The van der Waals surface area contributed by atoms with Gasteiger partial charge in [-0.2, -0.15) is 5.10 Å². The molecule has 1 rings (SSSR count). The smallest absolute Gasteiger partial charge is 0.0725 e. The molecule has 0 radical (unpaired) electrons. The fourth-order valence-electron chi connectivity index (χ4n) is 2.20. The summed E-state index contributed by atoms with van der Waals surface area (Å²) in [5, 5.41) is 4.43. The van der Waals surface area contributed by atoms with Crippen molar-refractivity contribution in [3.63, 3.8) is 0 Å². The molecule has 1 aromatic rings. The molecule has 2 unspecified atom stereocenters. The van der Waals surface area contributed by atoms with Gasteiger partial charge in [-0.15, -0.1) is 0 Å². The maximum atomic E-state index is 6.21. The lowest BCUT2D eigenvalue weighted by Crippen LogP contribution is -2.38. The predicted molar refractivity (Wildman–Crippen MR) is 70.0 cm³/mol. The topological polar surface area (TPSA) is 53.1 Å². The molecule has 0 saturated carbocycles. The lowest BCUT2D eigenvalue weighted by Gasteiger charge is -2.22. The molecule has 0 fully saturated rings. The van der Waals surface area contributed by atoms with Gasteiger partial charge in [0.2, 0.25) is 0 Å². The van der Waals surface area contributed by atoms with Crippen molar-refractivity contribution in [1.29, 1.82) is 0 Å². The first-order valence-electron chi connectivity index (χ1n) is 6.44. The van der Waals surface area contributed by atoms with Gasteiger partial charge in [0.05, 0.1) is 11.8 Å². The molecule has 2 N–H and O–H groups in total. The van der Waals surface area contributed by atoms with Crippen LogP contribution in [0.15, 0.2) is 6.07 Å². The van der Waals surface area contributed by atoms with E-state index in [0.29, 0.717) is 0 Å². The average Bonchev–Trinajstić information content (AvgIpc) is 2.66. The number of hydrogen-bond donors (Lipinski definition) is 1. The predicted octanol–water partition coefficient (Wildman–Crippen LogP) is 1.90. The molecule has 0 aliphatic carbocycles. The lowest BCUT2D eigenvalue weighted by molar-refractivity contribution is 0.0721. The second kappa shape index (κ2) is 6.77. The van der Waals surface area contributed by atoms with Gasteiger partial charge in [0.15, 0.2) is 0 Å². The van der Waals surface area contributed by atoms with E-state index in [1.54, 1.807) is 7.11 Å². The second-order valence-electron chi connectivity index (χ2n) is 4.52. The monoisotopic (exact) mass is 239 g/mol. The van der Waals surface area contributed by atoms with Gasteiger partial charge in [-0.25, -0.2) is 0 Å². The summed E-state index contributed by atoms with van der Waals surface area (Å²) < 4.78 is 7.47. The standard InChI is InChI=1S/C13H25N3O/c1-5-7-13(17-4)12(14)9-11-8-10(3)15-16(11)6-2/h8,12-13H,5-7,9,14H2,1-4H3. The van der Waals surface area contributed by atoms with E-state index >= 15 is 0 Å². The molecule has 98 valence electrons. The van der Waals surface area contributed by atoms with Crippen LogP contribution in [-0.4, -0.2) is 29.0 Å². The van der Waals surface area contributed by atoms with Gasteiger partial charge in [0.25, 0.3) is 0 Å². The molecule has 0 aliphatic rings. The van der Waals surface area contributed by atoms with Crippen LogP contribution in [0, 0.1) is 6.92 Å². The Balaban J connectivity index is 2.68. The SMILES string of the molecule is CCCC(OC)C(N)Cc1cc(C)nn1CC. The third-order valence-corrected chi connectivity index (χ3v) is 3.08. The Bertz CT molecular complexity index is 335. The zero-order valence-corrected chi connectivity index (χ0v) is 11.4. The molecule has 0 saturated heterocycles. The number of rotatable bonds is 7. The van der Waals surface area contributed by atoms with Crippen LogP contribution in [0.1, 0.15) is 38.1 Å². The number of aromatic nitrogens is 2. The minimum Gasteiger partial charge on any atom is -0.380 e. The van der Waals surface area contributed by atoms with Crippen LogP contribution in [0.5, 0.6) is 0 Å². The summed E-state index contributed by atoms with van der Waals surface area (Å²) in [7, 11) is 1.74. The Morgan fingerprint density at radius 3 is 2.71 bits per heavy atom. The number of methoxy groups -OCH3 is 1. The van der Waals surface area contributed by atoms with Crippen molar-refractivity contribution in [1.82, 2.24) is 9.78 Å². The highest BCUT2D eigenvalue weighted by Gasteiger charge is 2.18. The number of ether oxygens (including phenoxy) is 1. The largest absolute Gasteiger partial charge is 0.380 e. The number of nitrogens with two attached hydrogens (primary N) is 1. The van der Waals surface area contributed by atoms with E-state index in [-0.39, 0.29) is 12.1 Å². The number of hydrogen-bond acceptors (Lipinski definition) is 3. The molecule has 0 aliphatic heterocycles. The third kappa shape index (κ3) is 3.82. The highest BCUT2D eigenvalue weighted by atomic mass is 16.5. The third-order valence-electron chi connectivity index (χ3n) is 3.08. The van der Waals surface area contributed by atoms with Crippen LogP contribution < -0.4 is 5.73 Å². The summed E-state index contributed by atoms with van der Waals surface area (Å²) in [4.78, 5) is 0. The van der Waals surface area contributed by atoms with E-state index in [9.17, 15) is 0 Å². The van der Waals surface area contributed by atoms with Gasteiger partial charge >= 0.3 is 0 Å². The summed E-state index contributed by atoms with van der Waals surface area (Å²) in [5.41, 5.74) is 8.47. The molecule has 1 heterocycles. The molecule has 17 heavy (non-hydrogen) atoms. The highest BCUT2D eigenvalue weighted by Crippen LogP contribution is 2.12. The summed E-state index contributed by atoms with van der Waals surface area (Å²) in [6.07, 6.45) is 3.07. The van der Waals surface area contributed by atoms with Gasteiger partial charge in [0, 0.05) is 31.8 Å². The molecule has 1 aromatic heterocycles. The van der Waals surface area contributed by atoms with Gasteiger partial charge < -0.3 is 10.5 Å². The minimum atomic E-state index is 0.0429. The maximum Gasteiger partial charge on any atom is 0.0725 e. The molecule has 2 atom stereocenters. The molecule has 0 bridgehead atoms. The average molecular weight is 239 g/mol. The van der Waals surface area contributed by atoms with Crippen LogP contribution in [0.4, 0.5) is 0 Å². The van der Waals surface area contributed by atoms with Gasteiger partial charge in [-0.1, -0.05) is 13.3 Å².